The number of alkyl halides is 1. The van der Waals surface area contributed by atoms with Crippen molar-refractivity contribution in [2.75, 3.05) is 12.4 Å². The third-order valence-electron chi connectivity index (χ3n) is 3.87. The summed E-state index contributed by atoms with van der Waals surface area (Å²) in [6, 6.07) is 4.36. The first kappa shape index (κ1) is 13.5. The van der Waals surface area contributed by atoms with Crippen molar-refractivity contribution in [2.45, 2.75) is 40.3 Å². The van der Waals surface area contributed by atoms with E-state index < -0.39 is 5.41 Å². The van der Waals surface area contributed by atoms with Gasteiger partial charge in [-0.05, 0) is 39.8 Å². The number of carbonyl (C=O) groups is 1. The fraction of sp³-hybridized carbons (Fsp3) is 0.643. The van der Waals surface area contributed by atoms with Gasteiger partial charge in [-0.15, -0.1) is 11.6 Å². The van der Waals surface area contributed by atoms with Crippen LogP contribution in [0.5, 0.6) is 0 Å². The summed E-state index contributed by atoms with van der Waals surface area (Å²) in [6.07, 6.45) is 0. The van der Waals surface area contributed by atoms with Crippen molar-refractivity contribution in [1.29, 1.82) is 0 Å². The molecule has 1 atom stereocenters. The summed E-state index contributed by atoms with van der Waals surface area (Å²) in [4.78, 5) is 14.5. The predicted molar refractivity (Wildman–Crippen MR) is 73.8 cm³/mol. The number of aromatic nitrogens is 1. The standard InChI is InChI=1S/C14H21ClN2O/c1-10-5-6-12-11(2)17(8-7-16(10)12)13(18)14(3,4)9-15/h5-6,11H,7-9H2,1-4H3. The molecule has 0 aromatic carbocycles. The Morgan fingerprint density at radius 3 is 2.72 bits per heavy atom. The van der Waals surface area contributed by atoms with E-state index >= 15 is 0 Å². The molecule has 0 radical (unpaired) electrons. The molecule has 2 heterocycles. The summed E-state index contributed by atoms with van der Waals surface area (Å²) in [5.74, 6) is 0.504. The van der Waals surface area contributed by atoms with Gasteiger partial charge in [-0.2, -0.15) is 0 Å². The number of carbonyl (C=O) groups excluding carboxylic acids is 1. The second kappa shape index (κ2) is 4.61. The Kier molecular flexibility index (Phi) is 3.45. The van der Waals surface area contributed by atoms with Crippen LogP contribution < -0.4 is 0 Å². The Balaban J connectivity index is 2.27. The minimum atomic E-state index is -0.486. The lowest BCUT2D eigenvalue weighted by molar-refractivity contribution is -0.142. The first-order valence-corrected chi connectivity index (χ1v) is 6.95. The van der Waals surface area contributed by atoms with Gasteiger partial charge >= 0.3 is 0 Å². The van der Waals surface area contributed by atoms with Crippen LogP contribution in [0.3, 0.4) is 0 Å². The lowest BCUT2D eigenvalue weighted by atomic mass is 9.93. The van der Waals surface area contributed by atoms with Crippen LogP contribution in [0.4, 0.5) is 0 Å². The third-order valence-corrected chi connectivity index (χ3v) is 4.53. The van der Waals surface area contributed by atoms with Crippen molar-refractivity contribution in [3.8, 4) is 0 Å². The first-order valence-electron chi connectivity index (χ1n) is 6.41. The molecular weight excluding hydrogens is 248 g/mol. The SMILES string of the molecule is Cc1ccc2n1CCN(C(=O)C(C)(C)CCl)C2C. The zero-order valence-corrected chi connectivity index (χ0v) is 12.3. The maximum Gasteiger partial charge on any atom is 0.230 e. The van der Waals surface area contributed by atoms with Crippen LogP contribution in [0.25, 0.3) is 0 Å². The molecule has 100 valence electrons. The fourth-order valence-corrected chi connectivity index (χ4v) is 2.66. The molecule has 0 saturated carbocycles. The zero-order valence-electron chi connectivity index (χ0n) is 11.5. The van der Waals surface area contributed by atoms with Crippen LogP contribution in [0.1, 0.15) is 38.2 Å². The van der Waals surface area contributed by atoms with Gasteiger partial charge in [0, 0.05) is 30.4 Å². The number of aryl methyl sites for hydroxylation is 1. The Bertz CT molecular complexity index is 464. The average molecular weight is 269 g/mol. The van der Waals surface area contributed by atoms with Gasteiger partial charge in [0.2, 0.25) is 5.91 Å². The molecule has 0 spiro atoms. The van der Waals surface area contributed by atoms with Crippen molar-refractivity contribution in [3.63, 3.8) is 0 Å². The Labute approximate surface area is 114 Å². The highest BCUT2D eigenvalue weighted by molar-refractivity contribution is 6.19. The van der Waals surface area contributed by atoms with E-state index in [0.717, 1.165) is 13.1 Å². The summed E-state index contributed by atoms with van der Waals surface area (Å²) in [5.41, 5.74) is 2.00. The topological polar surface area (TPSA) is 25.2 Å². The smallest absolute Gasteiger partial charge is 0.230 e. The molecular formula is C14H21ClN2O. The van der Waals surface area contributed by atoms with E-state index in [9.17, 15) is 4.79 Å². The molecule has 4 heteroatoms. The lowest BCUT2D eigenvalue weighted by Gasteiger charge is -2.39. The van der Waals surface area contributed by atoms with Crippen LogP contribution in [-0.2, 0) is 11.3 Å². The summed E-state index contributed by atoms with van der Waals surface area (Å²) < 4.78 is 2.29. The van der Waals surface area contributed by atoms with Crippen LogP contribution >= 0.6 is 11.6 Å². The van der Waals surface area contributed by atoms with E-state index in [4.69, 9.17) is 11.6 Å². The van der Waals surface area contributed by atoms with Gasteiger partial charge in [-0.25, -0.2) is 0 Å². The number of nitrogens with zero attached hydrogens (tertiary/aromatic N) is 2. The number of rotatable bonds is 2. The molecule has 2 rings (SSSR count). The largest absolute Gasteiger partial charge is 0.345 e. The lowest BCUT2D eigenvalue weighted by Crippen LogP contribution is -2.47. The highest BCUT2D eigenvalue weighted by Crippen LogP contribution is 2.31. The molecule has 1 aliphatic heterocycles. The fourth-order valence-electron chi connectivity index (χ4n) is 2.54. The molecule has 1 unspecified atom stereocenters. The molecule has 0 bridgehead atoms. The summed E-state index contributed by atoms with van der Waals surface area (Å²) >= 11 is 5.91. The monoisotopic (exact) mass is 268 g/mol. The van der Waals surface area contributed by atoms with Crippen molar-refractivity contribution < 1.29 is 4.79 Å². The van der Waals surface area contributed by atoms with Crippen molar-refractivity contribution >= 4 is 17.5 Å². The minimum Gasteiger partial charge on any atom is -0.345 e. The zero-order chi connectivity index (χ0) is 13.5. The van der Waals surface area contributed by atoms with E-state index in [2.05, 4.69) is 30.5 Å². The summed E-state index contributed by atoms with van der Waals surface area (Å²) in [7, 11) is 0. The van der Waals surface area contributed by atoms with Gasteiger partial charge in [0.25, 0.3) is 0 Å². The van der Waals surface area contributed by atoms with Crippen LogP contribution in [-0.4, -0.2) is 27.8 Å². The number of halogens is 1. The molecule has 1 amide bonds. The Morgan fingerprint density at radius 2 is 2.11 bits per heavy atom. The average Bonchev–Trinajstić information content (AvgIpc) is 2.72. The molecule has 1 aromatic rings. The van der Waals surface area contributed by atoms with Crippen LogP contribution in [0, 0.1) is 12.3 Å². The van der Waals surface area contributed by atoms with E-state index in [0.29, 0.717) is 5.88 Å². The first-order chi connectivity index (χ1) is 8.38. The van der Waals surface area contributed by atoms with Crippen LogP contribution in [0.15, 0.2) is 12.1 Å². The molecule has 18 heavy (non-hydrogen) atoms. The van der Waals surface area contributed by atoms with Gasteiger partial charge < -0.3 is 9.47 Å². The number of fused-ring (bicyclic) bond motifs is 1. The van der Waals surface area contributed by atoms with Gasteiger partial charge in [0.1, 0.15) is 0 Å². The van der Waals surface area contributed by atoms with Gasteiger partial charge in [-0.3, -0.25) is 4.79 Å². The number of hydrogen-bond acceptors (Lipinski definition) is 1. The van der Waals surface area contributed by atoms with E-state index in [1.54, 1.807) is 0 Å². The molecule has 3 nitrogen and oxygen atoms in total. The van der Waals surface area contributed by atoms with Crippen molar-refractivity contribution in [1.82, 2.24) is 9.47 Å². The van der Waals surface area contributed by atoms with Gasteiger partial charge in [0.05, 0.1) is 11.5 Å². The van der Waals surface area contributed by atoms with Crippen molar-refractivity contribution in [2.24, 2.45) is 5.41 Å². The quantitative estimate of drug-likeness (QED) is 0.757. The highest BCUT2D eigenvalue weighted by Gasteiger charge is 2.36. The van der Waals surface area contributed by atoms with Gasteiger partial charge in [-0.1, -0.05) is 0 Å². The summed E-state index contributed by atoms with van der Waals surface area (Å²) in [5, 5.41) is 0. The van der Waals surface area contributed by atoms with E-state index in [1.807, 2.05) is 18.7 Å². The predicted octanol–water partition coefficient (Wildman–Crippen LogP) is 2.96. The third kappa shape index (κ3) is 2.05. The number of hydrogen-bond donors (Lipinski definition) is 0. The normalized spacial score (nSPS) is 19.8. The molecule has 0 aliphatic carbocycles. The Hall–Kier alpha value is -0.960. The maximum absolute atomic E-state index is 12.5. The van der Waals surface area contributed by atoms with E-state index in [-0.39, 0.29) is 11.9 Å². The highest BCUT2D eigenvalue weighted by atomic mass is 35.5. The molecule has 0 fully saturated rings. The Morgan fingerprint density at radius 1 is 1.44 bits per heavy atom. The summed E-state index contributed by atoms with van der Waals surface area (Å²) in [6.45, 7) is 9.66. The minimum absolute atomic E-state index is 0.127. The molecule has 0 N–H and O–H groups in total. The number of amides is 1. The second-order valence-electron chi connectivity index (χ2n) is 5.74. The molecule has 0 saturated heterocycles. The van der Waals surface area contributed by atoms with E-state index in [1.165, 1.54) is 11.4 Å². The van der Waals surface area contributed by atoms with Gasteiger partial charge in [0.15, 0.2) is 0 Å². The van der Waals surface area contributed by atoms with Crippen molar-refractivity contribution in [3.05, 3.63) is 23.5 Å². The van der Waals surface area contributed by atoms with Crippen LogP contribution in [0.2, 0.25) is 0 Å². The molecule has 1 aliphatic rings. The molecule has 1 aromatic heterocycles. The second-order valence-corrected chi connectivity index (χ2v) is 6.01. The maximum atomic E-state index is 12.5.